The van der Waals surface area contributed by atoms with Crippen LogP contribution in [-0.2, 0) is 0 Å². The number of phenolic OH excluding ortho intramolecular Hbond substituents is 1. The van der Waals surface area contributed by atoms with Crippen LogP contribution in [0.5, 0.6) is 11.5 Å². The molecule has 0 aliphatic heterocycles. The van der Waals surface area contributed by atoms with E-state index in [1.807, 2.05) is 0 Å². The molecule has 4 atom stereocenters. The summed E-state index contributed by atoms with van der Waals surface area (Å²) in [6, 6.07) is 3.11. The number of anilines is 1. The maximum absolute atomic E-state index is 10.2. The molecule has 0 saturated heterocycles. The fourth-order valence-electron chi connectivity index (χ4n) is 3.55. The highest BCUT2D eigenvalue weighted by Crippen LogP contribution is 2.42. The first-order valence-corrected chi connectivity index (χ1v) is 8.51. The highest BCUT2D eigenvalue weighted by molar-refractivity contribution is 5.65. The lowest BCUT2D eigenvalue weighted by Crippen LogP contribution is -2.36. The Labute approximate surface area is 138 Å². The molecule has 130 valence electrons. The molecule has 5 heteroatoms. The van der Waals surface area contributed by atoms with Gasteiger partial charge in [-0.3, -0.25) is 0 Å². The summed E-state index contributed by atoms with van der Waals surface area (Å²) in [5.74, 6) is 1.83. The van der Waals surface area contributed by atoms with Crippen molar-refractivity contribution in [1.82, 2.24) is 0 Å². The fourth-order valence-corrected chi connectivity index (χ4v) is 3.55. The molecule has 0 amide bonds. The number of nitrogens with two attached hydrogens (primary N) is 2. The van der Waals surface area contributed by atoms with E-state index in [1.165, 1.54) is 12.5 Å². The van der Waals surface area contributed by atoms with Crippen molar-refractivity contribution in [2.24, 2.45) is 23.5 Å². The zero-order chi connectivity index (χ0) is 17.1. The molecular formula is C18H30N2O3. The Balaban J connectivity index is 2.30. The van der Waals surface area contributed by atoms with Gasteiger partial charge in [-0.1, -0.05) is 33.3 Å². The quantitative estimate of drug-likeness (QED) is 0.624. The summed E-state index contributed by atoms with van der Waals surface area (Å²) in [4.78, 5) is 0. The molecule has 0 unspecified atom stereocenters. The van der Waals surface area contributed by atoms with Gasteiger partial charge in [0.15, 0.2) is 11.5 Å². The topological polar surface area (TPSA) is 102 Å². The van der Waals surface area contributed by atoms with E-state index in [4.69, 9.17) is 16.2 Å². The normalized spacial score (nSPS) is 26.3. The second-order valence-electron chi connectivity index (χ2n) is 7.15. The minimum absolute atomic E-state index is 0.0104. The van der Waals surface area contributed by atoms with Crippen molar-refractivity contribution in [3.63, 3.8) is 0 Å². The van der Waals surface area contributed by atoms with Crippen LogP contribution in [0.25, 0.3) is 0 Å². The first-order chi connectivity index (χ1) is 10.8. The van der Waals surface area contributed by atoms with Crippen LogP contribution in [0.1, 0.15) is 51.7 Å². The van der Waals surface area contributed by atoms with Crippen molar-refractivity contribution in [3.8, 4) is 11.5 Å². The summed E-state index contributed by atoms with van der Waals surface area (Å²) in [5, 5.41) is 20.1. The highest BCUT2D eigenvalue weighted by Gasteiger charge is 2.33. The van der Waals surface area contributed by atoms with Crippen LogP contribution in [0.3, 0.4) is 0 Å². The molecule has 1 aromatic rings. The molecule has 23 heavy (non-hydrogen) atoms. The Bertz CT molecular complexity index is 533. The number of rotatable bonds is 5. The summed E-state index contributed by atoms with van der Waals surface area (Å²) in [7, 11) is 0. The smallest absolute Gasteiger partial charge is 0.184 e. The van der Waals surface area contributed by atoms with E-state index in [0.717, 1.165) is 12.8 Å². The molecule has 0 spiro atoms. The maximum Gasteiger partial charge on any atom is 0.184 e. The standard InChI is InChI=1S/C18H30N2O3/c1-10(2)12-5-4-11(3)8-16(12)23-18-14(21)7-6-13(17(18)20)15(22)9-19/h6-7,10-12,15-16,21-22H,4-5,8-9,19-20H2,1-3H3/t11-,12-,15-,16+/m1/s1. The predicted octanol–water partition coefficient (Wildman–Crippen LogP) is 2.81. The van der Waals surface area contributed by atoms with Crippen LogP contribution in [0.15, 0.2) is 12.1 Å². The molecule has 5 nitrogen and oxygen atoms in total. The van der Waals surface area contributed by atoms with Crippen molar-refractivity contribution in [2.75, 3.05) is 12.3 Å². The van der Waals surface area contributed by atoms with Crippen molar-refractivity contribution in [2.45, 2.75) is 52.2 Å². The van der Waals surface area contributed by atoms with Crippen LogP contribution >= 0.6 is 0 Å². The van der Waals surface area contributed by atoms with E-state index in [-0.39, 0.29) is 29.8 Å². The average Bonchev–Trinajstić information content (AvgIpc) is 2.50. The Kier molecular flexibility index (Phi) is 5.76. The van der Waals surface area contributed by atoms with Gasteiger partial charge < -0.3 is 26.4 Å². The highest BCUT2D eigenvalue weighted by atomic mass is 16.5. The van der Waals surface area contributed by atoms with Crippen molar-refractivity contribution >= 4 is 5.69 Å². The van der Waals surface area contributed by atoms with E-state index >= 15 is 0 Å². The Morgan fingerprint density at radius 1 is 1.30 bits per heavy atom. The zero-order valence-corrected chi connectivity index (χ0v) is 14.3. The van der Waals surface area contributed by atoms with E-state index in [9.17, 15) is 10.2 Å². The average molecular weight is 322 g/mol. The van der Waals surface area contributed by atoms with Crippen molar-refractivity contribution < 1.29 is 14.9 Å². The van der Waals surface area contributed by atoms with Gasteiger partial charge in [0.1, 0.15) is 6.10 Å². The van der Waals surface area contributed by atoms with Gasteiger partial charge in [-0.05, 0) is 36.7 Å². The van der Waals surface area contributed by atoms with Crippen LogP contribution < -0.4 is 16.2 Å². The third-order valence-corrected chi connectivity index (χ3v) is 5.02. The lowest BCUT2D eigenvalue weighted by molar-refractivity contribution is 0.0444. The van der Waals surface area contributed by atoms with Crippen molar-refractivity contribution in [3.05, 3.63) is 17.7 Å². The fraction of sp³-hybridized carbons (Fsp3) is 0.667. The number of aliphatic hydroxyl groups is 1. The van der Waals surface area contributed by atoms with E-state index in [2.05, 4.69) is 20.8 Å². The third-order valence-electron chi connectivity index (χ3n) is 5.02. The van der Waals surface area contributed by atoms with Gasteiger partial charge in [0.2, 0.25) is 0 Å². The Hall–Kier alpha value is -1.46. The largest absolute Gasteiger partial charge is 0.504 e. The van der Waals surface area contributed by atoms with Gasteiger partial charge in [-0.25, -0.2) is 0 Å². The molecule has 1 fully saturated rings. The van der Waals surface area contributed by atoms with Gasteiger partial charge in [0.05, 0.1) is 11.8 Å². The molecule has 0 bridgehead atoms. The lowest BCUT2D eigenvalue weighted by atomic mass is 9.75. The molecule has 6 N–H and O–H groups in total. The number of benzene rings is 1. The second kappa shape index (κ2) is 7.41. The van der Waals surface area contributed by atoms with E-state index in [0.29, 0.717) is 23.3 Å². The lowest BCUT2D eigenvalue weighted by Gasteiger charge is -2.37. The predicted molar refractivity (Wildman–Crippen MR) is 92.3 cm³/mol. The molecular weight excluding hydrogens is 292 g/mol. The molecule has 0 heterocycles. The second-order valence-corrected chi connectivity index (χ2v) is 7.15. The van der Waals surface area contributed by atoms with Gasteiger partial charge in [-0.2, -0.15) is 0 Å². The summed E-state index contributed by atoms with van der Waals surface area (Å²) >= 11 is 0. The van der Waals surface area contributed by atoms with Gasteiger partial charge in [-0.15, -0.1) is 0 Å². The zero-order valence-electron chi connectivity index (χ0n) is 14.3. The molecule has 0 radical (unpaired) electrons. The maximum atomic E-state index is 10.2. The minimum Gasteiger partial charge on any atom is -0.504 e. The number of hydrogen-bond donors (Lipinski definition) is 4. The number of aliphatic hydroxyl groups excluding tert-OH is 1. The summed E-state index contributed by atoms with van der Waals surface area (Å²) in [6.45, 7) is 6.71. The van der Waals surface area contributed by atoms with E-state index < -0.39 is 6.10 Å². The molecule has 2 rings (SSSR count). The molecule has 0 aromatic heterocycles. The number of aromatic hydroxyl groups is 1. The molecule has 1 aliphatic rings. The SMILES string of the molecule is CC(C)[C@H]1CC[C@@H](C)C[C@@H]1Oc1c(O)ccc([C@H](O)CN)c1N. The number of ether oxygens (including phenoxy) is 1. The van der Waals surface area contributed by atoms with Crippen LogP contribution in [0.4, 0.5) is 5.69 Å². The first kappa shape index (κ1) is 17.9. The van der Waals surface area contributed by atoms with Gasteiger partial charge >= 0.3 is 0 Å². The number of hydrogen-bond acceptors (Lipinski definition) is 5. The van der Waals surface area contributed by atoms with E-state index in [1.54, 1.807) is 6.07 Å². The Morgan fingerprint density at radius 3 is 2.61 bits per heavy atom. The first-order valence-electron chi connectivity index (χ1n) is 8.51. The van der Waals surface area contributed by atoms with Crippen LogP contribution in [0, 0.1) is 17.8 Å². The van der Waals surface area contributed by atoms with Crippen molar-refractivity contribution in [1.29, 1.82) is 0 Å². The third kappa shape index (κ3) is 3.90. The summed E-state index contributed by atoms with van der Waals surface area (Å²) in [5.41, 5.74) is 12.4. The minimum atomic E-state index is -0.857. The summed E-state index contributed by atoms with van der Waals surface area (Å²) < 4.78 is 6.17. The van der Waals surface area contributed by atoms with Gasteiger partial charge in [0, 0.05) is 12.1 Å². The molecule has 1 aliphatic carbocycles. The number of phenols is 1. The van der Waals surface area contributed by atoms with Crippen LogP contribution in [0.2, 0.25) is 0 Å². The monoisotopic (exact) mass is 322 g/mol. The van der Waals surface area contributed by atoms with Crippen LogP contribution in [-0.4, -0.2) is 22.9 Å². The summed E-state index contributed by atoms with van der Waals surface area (Å²) in [6.07, 6.45) is 2.44. The molecule has 1 saturated carbocycles. The number of nitrogen functional groups attached to an aromatic ring is 1. The Morgan fingerprint density at radius 2 is 2.00 bits per heavy atom. The van der Waals surface area contributed by atoms with Gasteiger partial charge in [0.25, 0.3) is 0 Å². The molecule has 1 aromatic carbocycles.